The van der Waals surface area contributed by atoms with Gasteiger partial charge in [-0.2, -0.15) is 0 Å². The van der Waals surface area contributed by atoms with Gasteiger partial charge >= 0.3 is 5.97 Å². The maximum absolute atomic E-state index is 10.3. The molecule has 8 heteroatoms. The summed E-state index contributed by atoms with van der Waals surface area (Å²) in [4.78, 5) is 17.2. The molecule has 0 bridgehead atoms. The Morgan fingerprint density at radius 3 is 2.31 bits per heavy atom. The highest BCUT2D eigenvalue weighted by molar-refractivity contribution is 7.73. The second-order valence-electron chi connectivity index (χ2n) is 1.97. The number of anilines is 1. The number of carboxylic acids is 1. The maximum Gasteiger partial charge on any atom is 0.338 e. The van der Waals surface area contributed by atoms with Crippen LogP contribution in [0.3, 0.4) is 0 Å². The number of hydrogen-bond donors (Lipinski definition) is 3. The molecule has 70 valence electrons. The molecule has 0 spiro atoms. The molecule has 0 radical (unpaired) electrons. The predicted molar refractivity (Wildman–Crippen MR) is 42.9 cm³/mol. The van der Waals surface area contributed by atoms with Crippen molar-refractivity contribution in [2.75, 3.05) is 4.72 Å². The Morgan fingerprint density at radius 2 is 1.92 bits per heavy atom. The van der Waals surface area contributed by atoms with E-state index in [1.807, 2.05) is 4.72 Å². The molecular weight excluding hydrogens is 198 g/mol. The molecule has 1 rings (SSSR count). The molecule has 0 aliphatic rings. The molecule has 0 saturated carbocycles. The first-order valence-corrected chi connectivity index (χ1v) is 4.23. The minimum atomic E-state index is -2.82. The quantitative estimate of drug-likeness (QED) is 0.550. The van der Waals surface area contributed by atoms with Gasteiger partial charge in [0, 0.05) is 12.4 Å². The Kier molecular flexibility index (Phi) is 2.75. The third kappa shape index (κ3) is 2.67. The van der Waals surface area contributed by atoms with E-state index in [1.54, 1.807) is 0 Å². The lowest BCUT2D eigenvalue weighted by molar-refractivity contribution is 0.0696. The summed E-state index contributed by atoms with van der Waals surface area (Å²) in [5.74, 6) is -1.32. The highest BCUT2D eigenvalue weighted by Gasteiger charge is 2.03. The van der Waals surface area contributed by atoms with E-state index in [0.717, 1.165) is 12.4 Å². The fraction of sp³-hybridized carbons (Fsp3) is 0. The van der Waals surface area contributed by atoms with E-state index in [4.69, 9.17) is 5.11 Å². The van der Waals surface area contributed by atoms with Crippen LogP contribution in [-0.2, 0) is 10.9 Å². The van der Waals surface area contributed by atoms with Crippen LogP contribution in [0.15, 0.2) is 12.4 Å². The number of carbonyl (C=O) groups is 1. The van der Waals surface area contributed by atoms with Crippen molar-refractivity contribution >= 4 is 22.8 Å². The van der Waals surface area contributed by atoms with E-state index in [-0.39, 0.29) is 11.5 Å². The summed E-state index contributed by atoms with van der Waals surface area (Å²) in [5, 5.41) is 8.44. The highest BCUT2D eigenvalue weighted by Crippen LogP contribution is 1.99. The first kappa shape index (κ1) is 9.39. The number of rotatable bonds is 3. The summed E-state index contributed by atoms with van der Waals surface area (Å²) in [6.07, 6.45) is 2.02. The molecule has 0 fully saturated rings. The summed E-state index contributed by atoms with van der Waals surface area (Å²) in [6.45, 7) is 0. The predicted octanol–water partition coefficient (Wildman–Crippen LogP) is -0.887. The van der Waals surface area contributed by atoms with E-state index < -0.39 is 16.9 Å². The largest absolute Gasteiger partial charge is 0.478 e. The van der Waals surface area contributed by atoms with Crippen molar-refractivity contribution in [2.45, 2.75) is 0 Å². The Bertz CT molecular complexity index is 377. The molecule has 1 aromatic heterocycles. The van der Waals surface area contributed by atoms with Crippen LogP contribution in [0.5, 0.6) is 0 Å². The smallest absolute Gasteiger partial charge is 0.338 e. The van der Waals surface area contributed by atoms with E-state index in [0.29, 0.717) is 0 Å². The van der Waals surface area contributed by atoms with E-state index in [2.05, 4.69) is 9.97 Å². The van der Waals surface area contributed by atoms with Gasteiger partial charge in [0.2, 0.25) is 16.8 Å². The van der Waals surface area contributed by atoms with Crippen LogP contribution in [0.4, 0.5) is 5.95 Å². The zero-order valence-electron chi connectivity index (χ0n) is 6.17. The van der Waals surface area contributed by atoms with Crippen LogP contribution in [0.1, 0.15) is 10.4 Å². The monoisotopic (exact) mass is 203 g/mol. The molecular formula is C5H5N3O4S. The molecule has 1 aromatic rings. The molecule has 13 heavy (non-hydrogen) atoms. The van der Waals surface area contributed by atoms with Gasteiger partial charge in [-0.1, -0.05) is 0 Å². The average Bonchev–Trinajstić information content (AvgIpc) is 2.04. The van der Waals surface area contributed by atoms with Crippen molar-refractivity contribution in [1.82, 2.24) is 9.97 Å². The van der Waals surface area contributed by atoms with Gasteiger partial charge < -0.3 is 5.11 Å². The van der Waals surface area contributed by atoms with E-state index in [9.17, 15) is 13.2 Å². The van der Waals surface area contributed by atoms with Crippen molar-refractivity contribution in [3.8, 4) is 0 Å². The highest BCUT2D eigenvalue weighted by atomic mass is 32.2. The lowest BCUT2D eigenvalue weighted by atomic mass is 10.4. The minimum absolute atomic E-state index is 0.105. The van der Waals surface area contributed by atoms with Gasteiger partial charge in [0.1, 0.15) is 0 Å². The summed E-state index contributed by atoms with van der Waals surface area (Å²) < 4.78 is 22.1. The van der Waals surface area contributed by atoms with Crippen molar-refractivity contribution in [3.05, 3.63) is 18.0 Å². The third-order valence-corrected chi connectivity index (χ3v) is 1.47. The van der Waals surface area contributed by atoms with Crippen molar-refractivity contribution in [3.63, 3.8) is 0 Å². The number of hydrogen-bond acceptors (Lipinski definition) is 5. The molecule has 2 N–H and O–H groups in total. The molecule has 0 saturated heterocycles. The molecule has 1 heterocycles. The van der Waals surface area contributed by atoms with Crippen LogP contribution in [0.25, 0.3) is 0 Å². The topological polar surface area (TPSA) is 109 Å². The van der Waals surface area contributed by atoms with Crippen molar-refractivity contribution < 1.29 is 18.3 Å². The number of nitrogens with zero attached hydrogens (tertiary/aromatic N) is 2. The lowest BCUT2D eigenvalue weighted by Gasteiger charge is -1.95. The van der Waals surface area contributed by atoms with Crippen molar-refractivity contribution in [1.29, 1.82) is 0 Å². The molecule has 0 atom stereocenters. The van der Waals surface area contributed by atoms with Gasteiger partial charge in [-0.25, -0.2) is 23.2 Å². The molecule has 0 aromatic carbocycles. The maximum atomic E-state index is 10.3. The number of thiol groups is 1. The molecule has 0 aliphatic carbocycles. The Hall–Kier alpha value is -1.70. The summed E-state index contributed by atoms with van der Waals surface area (Å²) in [5.41, 5.74) is -0.105. The molecule has 0 amide bonds. The molecule has 0 unspecified atom stereocenters. The first-order valence-electron chi connectivity index (χ1n) is 3.06. The SMILES string of the molecule is O=C(O)c1cnc(N[SH](=O)=O)nc1. The fourth-order valence-corrected chi connectivity index (χ4v) is 0.857. The summed E-state index contributed by atoms with van der Waals surface area (Å²) >= 11 is 0. The normalized spacial score (nSPS) is 9.92. The van der Waals surface area contributed by atoms with E-state index >= 15 is 0 Å². The molecule has 0 aliphatic heterocycles. The second-order valence-corrected chi connectivity index (χ2v) is 2.71. The Labute approximate surface area is 74.5 Å². The van der Waals surface area contributed by atoms with Gasteiger partial charge in [0.25, 0.3) is 0 Å². The van der Waals surface area contributed by atoms with Gasteiger partial charge in [0.15, 0.2) is 0 Å². The number of aromatic nitrogens is 2. The summed E-state index contributed by atoms with van der Waals surface area (Å²) in [6, 6.07) is 0. The van der Waals surface area contributed by atoms with Gasteiger partial charge in [-0.3, -0.25) is 4.72 Å². The van der Waals surface area contributed by atoms with Crippen LogP contribution < -0.4 is 4.72 Å². The van der Waals surface area contributed by atoms with Gasteiger partial charge in [0.05, 0.1) is 5.56 Å². The number of nitrogens with one attached hydrogen (secondary N) is 1. The second kappa shape index (κ2) is 3.81. The van der Waals surface area contributed by atoms with Gasteiger partial charge in [-0.15, -0.1) is 0 Å². The lowest BCUT2D eigenvalue weighted by Crippen LogP contribution is -2.03. The van der Waals surface area contributed by atoms with Crippen LogP contribution in [0.2, 0.25) is 0 Å². The number of aromatic carboxylic acids is 1. The Morgan fingerprint density at radius 1 is 1.38 bits per heavy atom. The Balaban J connectivity index is 2.87. The van der Waals surface area contributed by atoms with Gasteiger partial charge in [-0.05, 0) is 0 Å². The summed E-state index contributed by atoms with van der Waals surface area (Å²) in [7, 11) is -2.82. The first-order chi connectivity index (χ1) is 6.09. The van der Waals surface area contributed by atoms with Crippen LogP contribution in [0, 0.1) is 0 Å². The fourth-order valence-electron chi connectivity index (χ4n) is 0.578. The van der Waals surface area contributed by atoms with Crippen LogP contribution >= 0.6 is 0 Å². The zero-order valence-corrected chi connectivity index (χ0v) is 7.06. The minimum Gasteiger partial charge on any atom is -0.478 e. The van der Waals surface area contributed by atoms with E-state index in [1.165, 1.54) is 0 Å². The number of carboxylic acid groups (broad SMARTS) is 1. The molecule has 7 nitrogen and oxygen atoms in total. The zero-order chi connectivity index (χ0) is 9.84. The third-order valence-electron chi connectivity index (χ3n) is 1.09. The standard InChI is InChI=1S/C5H5N3O4S/c9-4(10)3-1-6-5(7-2-3)8-13(11)12/h1-2,13H,(H,9,10)(H,6,7,8,11,12). The average molecular weight is 203 g/mol. The van der Waals surface area contributed by atoms with Crippen LogP contribution in [-0.4, -0.2) is 29.5 Å². The van der Waals surface area contributed by atoms with Crippen molar-refractivity contribution in [2.24, 2.45) is 0 Å².